The first-order chi connectivity index (χ1) is 14.1. The fraction of sp³-hybridized carbons (Fsp3) is 0.208. The molecule has 1 atom stereocenters. The molecule has 4 rings (SSSR count). The smallest absolute Gasteiger partial charge is 0.251 e. The van der Waals surface area contributed by atoms with E-state index in [2.05, 4.69) is 33.8 Å². The number of aryl methyl sites for hydroxylation is 1. The zero-order valence-electron chi connectivity index (χ0n) is 16.3. The molecule has 0 bridgehead atoms. The summed E-state index contributed by atoms with van der Waals surface area (Å²) in [6.45, 7) is 1.47. The first-order valence-corrected chi connectivity index (χ1v) is 9.83. The SMILES string of the molecule is CC(=O)Nc1cccnc1-c1ccc(C(=O)NC2CCCc3ccccc32)cc1. The number of aromatic nitrogens is 1. The van der Waals surface area contributed by atoms with Crippen molar-refractivity contribution in [1.82, 2.24) is 10.3 Å². The van der Waals surface area contributed by atoms with Crippen molar-refractivity contribution in [3.05, 3.63) is 83.6 Å². The average Bonchev–Trinajstić information content (AvgIpc) is 2.74. The lowest BCUT2D eigenvalue weighted by atomic mass is 9.87. The summed E-state index contributed by atoms with van der Waals surface area (Å²) in [6, 6.07) is 19.3. The Morgan fingerprint density at radius 1 is 1.00 bits per heavy atom. The van der Waals surface area contributed by atoms with Crippen LogP contribution in [0.15, 0.2) is 66.9 Å². The van der Waals surface area contributed by atoms with Gasteiger partial charge in [-0.25, -0.2) is 0 Å². The fourth-order valence-corrected chi connectivity index (χ4v) is 3.85. The lowest BCUT2D eigenvalue weighted by Gasteiger charge is -2.26. The maximum atomic E-state index is 12.8. The van der Waals surface area contributed by atoms with Crippen LogP contribution in [0.2, 0.25) is 0 Å². The van der Waals surface area contributed by atoms with Crippen LogP contribution in [0.5, 0.6) is 0 Å². The van der Waals surface area contributed by atoms with Gasteiger partial charge in [0.25, 0.3) is 5.91 Å². The molecule has 2 aromatic carbocycles. The molecule has 3 aromatic rings. The maximum Gasteiger partial charge on any atom is 0.251 e. The van der Waals surface area contributed by atoms with Gasteiger partial charge in [-0.1, -0.05) is 36.4 Å². The summed E-state index contributed by atoms with van der Waals surface area (Å²) < 4.78 is 0. The fourth-order valence-electron chi connectivity index (χ4n) is 3.85. The molecule has 1 aliphatic carbocycles. The zero-order valence-corrected chi connectivity index (χ0v) is 16.3. The molecule has 2 N–H and O–H groups in total. The van der Waals surface area contributed by atoms with E-state index < -0.39 is 0 Å². The Morgan fingerprint density at radius 2 is 1.79 bits per heavy atom. The Labute approximate surface area is 170 Å². The lowest BCUT2D eigenvalue weighted by molar-refractivity contribution is -0.114. The molecule has 1 heterocycles. The number of nitrogens with one attached hydrogen (secondary N) is 2. The molecule has 2 amide bonds. The minimum Gasteiger partial charge on any atom is -0.345 e. The third-order valence-electron chi connectivity index (χ3n) is 5.21. The van der Waals surface area contributed by atoms with Crippen LogP contribution >= 0.6 is 0 Å². The van der Waals surface area contributed by atoms with Gasteiger partial charge in [0.1, 0.15) is 0 Å². The summed E-state index contributed by atoms with van der Waals surface area (Å²) in [4.78, 5) is 28.6. The largest absolute Gasteiger partial charge is 0.345 e. The van der Waals surface area contributed by atoms with Gasteiger partial charge < -0.3 is 10.6 Å². The van der Waals surface area contributed by atoms with Crippen molar-refractivity contribution < 1.29 is 9.59 Å². The highest BCUT2D eigenvalue weighted by Crippen LogP contribution is 2.30. The van der Waals surface area contributed by atoms with E-state index in [1.54, 1.807) is 24.4 Å². The molecule has 0 aliphatic heterocycles. The van der Waals surface area contributed by atoms with Crippen molar-refractivity contribution in [2.75, 3.05) is 5.32 Å². The van der Waals surface area contributed by atoms with Crippen LogP contribution in [0.4, 0.5) is 5.69 Å². The van der Waals surface area contributed by atoms with Crippen LogP contribution in [0.3, 0.4) is 0 Å². The molecule has 1 aliphatic rings. The second kappa shape index (κ2) is 8.27. The zero-order chi connectivity index (χ0) is 20.2. The van der Waals surface area contributed by atoms with E-state index in [-0.39, 0.29) is 17.9 Å². The second-order valence-corrected chi connectivity index (χ2v) is 7.28. The van der Waals surface area contributed by atoms with E-state index in [0.717, 1.165) is 24.8 Å². The lowest BCUT2D eigenvalue weighted by Crippen LogP contribution is -2.30. The van der Waals surface area contributed by atoms with Crippen LogP contribution in [0.1, 0.15) is 47.3 Å². The summed E-state index contributed by atoms with van der Waals surface area (Å²) in [7, 11) is 0. The minimum absolute atomic E-state index is 0.0503. The number of amides is 2. The first-order valence-electron chi connectivity index (χ1n) is 9.83. The molecule has 146 valence electrons. The average molecular weight is 385 g/mol. The number of rotatable bonds is 4. The Kier molecular flexibility index (Phi) is 5.38. The number of carbonyl (C=O) groups is 2. The summed E-state index contributed by atoms with van der Waals surface area (Å²) in [6.07, 6.45) is 4.78. The molecule has 5 nitrogen and oxygen atoms in total. The Balaban J connectivity index is 1.52. The number of hydrogen-bond donors (Lipinski definition) is 2. The molecule has 0 saturated carbocycles. The molecule has 0 fully saturated rings. The molecule has 1 unspecified atom stereocenters. The van der Waals surface area contributed by atoms with Crippen LogP contribution in [0.25, 0.3) is 11.3 Å². The maximum absolute atomic E-state index is 12.8. The van der Waals surface area contributed by atoms with E-state index in [1.807, 2.05) is 24.3 Å². The number of pyridine rings is 1. The van der Waals surface area contributed by atoms with Gasteiger partial charge in [0.2, 0.25) is 5.91 Å². The second-order valence-electron chi connectivity index (χ2n) is 7.28. The van der Waals surface area contributed by atoms with Crippen molar-refractivity contribution in [2.45, 2.75) is 32.2 Å². The third-order valence-corrected chi connectivity index (χ3v) is 5.21. The summed E-state index contributed by atoms with van der Waals surface area (Å²) in [5, 5.41) is 5.97. The van der Waals surface area contributed by atoms with Crippen LogP contribution in [0, 0.1) is 0 Å². The number of nitrogens with zero attached hydrogens (tertiary/aromatic N) is 1. The topological polar surface area (TPSA) is 71.1 Å². The number of hydrogen-bond acceptors (Lipinski definition) is 3. The van der Waals surface area contributed by atoms with Gasteiger partial charge in [-0.15, -0.1) is 0 Å². The summed E-state index contributed by atoms with van der Waals surface area (Å²) >= 11 is 0. The molecule has 0 spiro atoms. The standard InChI is InChI=1S/C24H23N3O2/c1-16(28)26-22-10-5-15-25-23(22)18-11-13-19(14-12-18)24(29)27-21-9-4-7-17-6-2-3-8-20(17)21/h2-3,5-6,8,10-15,21H,4,7,9H2,1H3,(H,26,28)(H,27,29). The molecule has 5 heteroatoms. The number of fused-ring (bicyclic) bond motifs is 1. The molecule has 0 radical (unpaired) electrons. The number of benzene rings is 2. The third kappa shape index (κ3) is 4.19. The molecule has 1 aromatic heterocycles. The van der Waals surface area contributed by atoms with Gasteiger partial charge in [-0.3, -0.25) is 14.6 Å². The van der Waals surface area contributed by atoms with Crippen molar-refractivity contribution in [3.8, 4) is 11.3 Å². The van der Waals surface area contributed by atoms with Gasteiger partial charge in [0.15, 0.2) is 0 Å². The van der Waals surface area contributed by atoms with E-state index in [4.69, 9.17) is 0 Å². The predicted octanol–water partition coefficient (Wildman–Crippen LogP) is 4.51. The van der Waals surface area contributed by atoms with Gasteiger partial charge in [0.05, 0.1) is 17.4 Å². The Morgan fingerprint density at radius 3 is 2.59 bits per heavy atom. The highest BCUT2D eigenvalue weighted by molar-refractivity contribution is 5.96. The van der Waals surface area contributed by atoms with Crippen molar-refractivity contribution in [1.29, 1.82) is 0 Å². The first kappa shape index (κ1) is 18.9. The summed E-state index contributed by atoms with van der Waals surface area (Å²) in [5.41, 5.74) is 5.31. The van der Waals surface area contributed by atoms with E-state index >= 15 is 0 Å². The normalized spacial score (nSPS) is 15.3. The number of anilines is 1. The van der Waals surface area contributed by atoms with Crippen molar-refractivity contribution in [3.63, 3.8) is 0 Å². The van der Waals surface area contributed by atoms with Crippen LogP contribution < -0.4 is 10.6 Å². The Bertz CT molecular complexity index is 1040. The van der Waals surface area contributed by atoms with E-state index in [0.29, 0.717) is 16.9 Å². The Hall–Kier alpha value is -3.47. The van der Waals surface area contributed by atoms with E-state index in [1.165, 1.54) is 18.1 Å². The van der Waals surface area contributed by atoms with Gasteiger partial charge in [-0.2, -0.15) is 0 Å². The highest BCUT2D eigenvalue weighted by atomic mass is 16.2. The van der Waals surface area contributed by atoms with Crippen LogP contribution in [-0.2, 0) is 11.2 Å². The number of carbonyl (C=O) groups excluding carboxylic acids is 2. The minimum atomic E-state index is -0.150. The van der Waals surface area contributed by atoms with E-state index in [9.17, 15) is 9.59 Å². The van der Waals surface area contributed by atoms with Crippen molar-refractivity contribution >= 4 is 17.5 Å². The van der Waals surface area contributed by atoms with Crippen molar-refractivity contribution in [2.24, 2.45) is 0 Å². The quantitative estimate of drug-likeness (QED) is 0.694. The van der Waals surface area contributed by atoms with Gasteiger partial charge in [0, 0.05) is 24.2 Å². The van der Waals surface area contributed by atoms with Gasteiger partial charge in [-0.05, 0) is 54.7 Å². The highest BCUT2D eigenvalue weighted by Gasteiger charge is 2.22. The molecular weight excluding hydrogens is 362 g/mol. The molecule has 0 saturated heterocycles. The monoisotopic (exact) mass is 385 g/mol. The van der Waals surface area contributed by atoms with Crippen LogP contribution in [-0.4, -0.2) is 16.8 Å². The summed E-state index contributed by atoms with van der Waals surface area (Å²) in [5.74, 6) is -0.232. The molecule has 29 heavy (non-hydrogen) atoms. The molecular formula is C24H23N3O2. The predicted molar refractivity (Wildman–Crippen MR) is 114 cm³/mol. The van der Waals surface area contributed by atoms with Gasteiger partial charge >= 0.3 is 0 Å².